The number of nitrogens with zero attached hydrogens (tertiary/aromatic N) is 2. The van der Waals surface area contributed by atoms with Crippen molar-refractivity contribution in [3.8, 4) is 16.9 Å². The Balaban J connectivity index is 2.38. The number of nitrogens with two attached hydrogens (primary N) is 1. The van der Waals surface area contributed by atoms with Gasteiger partial charge in [0, 0.05) is 10.6 Å². The van der Waals surface area contributed by atoms with Crippen LogP contribution < -0.4 is 5.14 Å². The molecule has 0 amide bonds. The van der Waals surface area contributed by atoms with Gasteiger partial charge in [-0.25, -0.2) is 18.2 Å². The first-order valence-electron chi connectivity index (χ1n) is 7.23. The normalized spacial score (nSPS) is 12.4. The lowest BCUT2D eigenvalue weighted by Gasteiger charge is -2.12. The molecule has 0 saturated carbocycles. The molecule has 11 heteroatoms. The lowest BCUT2D eigenvalue weighted by Crippen LogP contribution is -2.16. The molecule has 1 heterocycles. The Morgan fingerprint density at radius 1 is 1.04 bits per heavy atom. The minimum atomic E-state index is -4.76. The topological polar surface area (TPSA) is 78.0 Å². The van der Waals surface area contributed by atoms with Crippen LogP contribution in [0, 0.1) is 0 Å². The van der Waals surface area contributed by atoms with Crippen molar-refractivity contribution in [3.63, 3.8) is 0 Å². The summed E-state index contributed by atoms with van der Waals surface area (Å²) in [5, 5.41) is 9.08. The molecule has 3 aromatic rings. The van der Waals surface area contributed by atoms with Crippen LogP contribution in [-0.4, -0.2) is 18.2 Å². The zero-order valence-corrected chi connectivity index (χ0v) is 15.5. The fourth-order valence-corrected chi connectivity index (χ4v) is 3.56. The zero-order valence-electron chi connectivity index (χ0n) is 13.2. The first kappa shape index (κ1) is 19.7. The smallest absolute Gasteiger partial charge is 0.231 e. The number of benzene rings is 2. The van der Waals surface area contributed by atoms with Crippen LogP contribution in [0.15, 0.2) is 53.4 Å². The average molecular weight is 436 g/mol. The summed E-state index contributed by atoms with van der Waals surface area (Å²) in [4.78, 5) is -0.388. The van der Waals surface area contributed by atoms with E-state index in [1.54, 1.807) is 0 Å². The highest BCUT2D eigenvalue weighted by Crippen LogP contribution is 2.37. The number of rotatable bonds is 3. The predicted molar refractivity (Wildman–Crippen MR) is 95.4 cm³/mol. The second-order valence-electron chi connectivity index (χ2n) is 5.46. The van der Waals surface area contributed by atoms with Crippen LogP contribution in [0.2, 0.25) is 10.0 Å². The molecule has 0 aliphatic carbocycles. The van der Waals surface area contributed by atoms with Crippen LogP contribution in [0.1, 0.15) is 5.69 Å². The number of hydrogen-bond donors (Lipinski definition) is 1. The minimum Gasteiger partial charge on any atom is -0.231 e. The summed E-state index contributed by atoms with van der Waals surface area (Å²) in [6.45, 7) is 0. The van der Waals surface area contributed by atoms with E-state index < -0.39 is 21.9 Å². The maximum absolute atomic E-state index is 13.2. The third-order valence-corrected chi connectivity index (χ3v) is 5.13. The third kappa shape index (κ3) is 3.96. The van der Waals surface area contributed by atoms with Crippen LogP contribution in [0.3, 0.4) is 0 Å². The molecule has 2 N–H and O–H groups in total. The van der Waals surface area contributed by atoms with Crippen LogP contribution in [0.5, 0.6) is 0 Å². The average Bonchev–Trinajstić information content (AvgIpc) is 3.01. The van der Waals surface area contributed by atoms with E-state index in [0.29, 0.717) is 0 Å². The summed E-state index contributed by atoms with van der Waals surface area (Å²) < 4.78 is 64.3. The number of halogens is 5. The van der Waals surface area contributed by atoms with Crippen LogP contribution in [0.4, 0.5) is 13.2 Å². The number of aromatic nitrogens is 2. The largest absolute Gasteiger partial charge is 0.435 e. The van der Waals surface area contributed by atoms with E-state index in [0.717, 1.165) is 10.7 Å². The van der Waals surface area contributed by atoms with Crippen molar-refractivity contribution < 1.29 is 21.6 Å². The molecule has 0 spiro atoms. The van der Waals surface area contributed by atoms with Crippen LogP contribution in [0.25, 0.3) is 16.9 Å². The second kappa shape index (κ2) is 6.83. The Hall–Kier alpha value is -2.07. The minimum absolute atomic E-state index is 0.0917. The molecule has 0 fully saturated rings. The van der Waals surface area contributed by atoms with Gasteiger partial charge >= 0.3 is 6.18 Å². The number of hydrogen-bond acceptors (Lipinski definition) is 3. The molecule has 3 rings (SSSR count). The summed E-state index contributed by atoms with van der Waals surface area (Å²) in [6, 6.07) is 10.3. The van der Waals surface area contributed by atoms with Crippen molar-refractivity contribution in [2.75, 3.05) is 0 Å². The quantitative estimate of drug-likeness (QED) is 0.656. The SMILES string of the molecule is NS(=O)(=O)c1ccccc1-n1nc(C(F)(F)F)cc1-c1cc(Cl)ccc1Cl. The molecular formula is C16H10Cl2F3N3O2S. The molecule has 0 unspecified atom stereocenters. The zero-order chi connectivity index (χ0) is 20.0. The monoisotopic (exact) mass is 435 g/mol. The van der Waals surface area contributed by atoms with Gasteiger partial charge in [0.1, 0.15) is 4.90 Å². The van der Waals surface area contributed by atoms with E-state index in [1.165, 1.54) is 42.5 Å². The van der Waals surface area contributed by atoms with Gasteiger partial charge in [-0.2, -0.15) is 18.3 Å². The molecule has 1 aromatic heterocycles. The van der Waals surface area contributed by atoms with E-state index in [9.17, 15) is 21.6 Å². The van der Waals surface area contributed by atoms with Gasteiger partial charge in [0.05, 0.1) is 16.4 Å². The van der Waals surface area contributed by atoms with Crippen molar-refractivity contribution in [1.29, 1.82) is 0 Å². The Bertz CT molecular complexity index is 1130. The highest BCUT2D eigenvalue weighted by Gasteiger charge is 2.36. The number of primary sulfonamides is 1. The first-order valence-corrected chi connectivity index (χ1v) is 9.53. The van der Waals surface area contributed by atoms with E-state index >= 15 is 0 Å². The summed E-state index contributed by atoms with van der Waals surface area (Å²) in [6.07, 6.45) is -4.76. The third-order valence-electron chi connectivity index (χ3n) is 3.60. The van der Waals surface area contributed by atoms with Crippen LogP contribution in [-0.2, 0) is 16.2 Å². The molecule has 0 bridgehead atoms. The van der Waals surface area contributed by atoms with Gasteiger partial charge in [0.2, 0.25) is 10.0 Å². The molecular weight excluding hydrogens is 426 g/mol. The number of sulfonamides is 1. The Labute approximate surface area is 162 Å². The van der Waals surface area contributed by atoms with Crippen molar-refractivity contribution in [2.45, 2.75) is 11.1 Å². The standard InChI is InChI=1S/C16H10Cl2F3N3O2S/c17-9-5-6-11(18)10(7-9)13-8-15(16(19,20)21)23-24(13)12-3-1-2-4-14(12)27(22,25)26/h1-8H,(H2,22,25,26). The predicted octanol–water partition coefficient (Wildman–Crippen LogP) is 4.51. The van der Waals surface area contributed by atoms with Gasteiger partial charge in [-0.1, -0.05) is 35.3 Å². The van der Waals surface area contributed by atoms with Gasteiger partial charge in [-0.3, -0.25) is 0 Å². The lowest BCUT2D eigenvalue weighted by molar-refractivity contribution is -0.141. The fourth-order valence-electron chi connectivity index (χ4n) is 2.46. The van der Waals surface area contributed by atoms with E-state index in [1.807, 2.05) is 0 Å². The van der Waals surface area contributed by atoms with Gasteiger partial charge in [0.25, 0.3) is 0 Å². The summed E-state index contributed by atoms with van der Waals surface area (Å²) in [5.74, 6) is 0. The van der Waals surface area contributed by atoms with E-state index in [4.69, 9.17) is 28.3 Å². The lowest BCUT2D eigenvalue weighted by atomic mass is 10.1. The van der Waals surface area contributed by atoms with Crippen LogP contribution >= 0.6 is 23.2 Å². The Kier molecular flexibility index (Phi) is 4.98. The molecule has 0 aliphatic rings. The molecule has 2 aromatic carbocycles. The summed E-state index contributed by atoms with van der Waals surface area (Å²) in [7, 11) is -4.23. The van der Waals surface area contributed by atoms with E-state index in [-0.39, 0.29) is 31.9 Å². The highest BCUT2D eigenvalue weighted by atomic mass is 35.5. The Morgan fingerprint density at radius 3 is 2.33 bits per heavy atom. The number of para-hydroxylation sites is 1. The summed E-state index contributed by atoms with van der Waals surface area (Å²) in [5.41, 5.74) is -1.32. The first-order chi connectivity index (χ1) is 12.5. The fraction of sp³-hybridized carbons (Fsp3) is 0.0625. The van der Waals surface area contributed by atoms with Crippen molar-refractivity contribution >= 4 is 33.2 Å². The maximum Gasteiger partial charge on any atom is 0.435 e. The van der Waals surface area contributed by atoms with Gasteiger partial charge < -0.3 is 0 Å². The Morgan fingerprint density at radius 2 is 1.70 bits per heavy atom. The maximum atomic E-state index is 13.2. The molecule has 142 valence electrons. The molecule has 0 radical (unpaired) electrons. The summed E-state index contributed by atoms with van der Waals surface area (Å²) >= 11 is 12.1. The van der Waals surface area contributed by atoms with E-state index in [2.05, 4.69) is 5.10 Å². The van der Waals surface area contributed by atoms with Gasteiger partial charge in [-0.05, 0) is 36.4 Å². The van der Waals surface area contributed by atoms with Crippen molar-refractivity contribution in [1.82, 2.24) is 9.78 Å². The molecule has 0 atom stereocenters. The molecule has 0 aliphatic heterocycles. The molecule has 5 nitrogen and oxygen atoms in total. The van der Waals surface area contributed by atoms with Crippen molar-refractivity contribution in [2.24, 2.45) is 5.14 Å². The second-order valence-corrected chi connectivity index (χ2v) is 7.83. The van der Waals surface area contributed by atoms with Crippen molar-refractivity contribution in [3.05, 3.63) is 64.3 Å². The number of alkyl halides is 3. The highest BCUT2D eigenvalue weighted by molar-refractivity contribution is 7.89. The molecule has 0 saturated heterocycles. The van der Waals surface area contributed by atoms with Gasteiger partial charge in [0.15, 0.2) is 5.69 Å². The molecule has 27 heavy (non-hydrogen) atoms. The van der Waals surface area contributed by atoms with Gasteiger partial charge in [-0.15, -0.1) is 0 Å².